The van der Waals surface area contributed by atoms with Gasteiger partial charge in [-0.1, -0.05) is 30.3 Å². The summed E-state index contributed by atoms with van der Waals surface area (Å²) in [5.41, 5.74) is 1.97. The van der Waals surface area contributed by atoms with Gasteiger partial charge in [0.2, 0.25) is 0 Å². The van der Waals surface area contributed by atoms with Crippen LogP contribution in [0.4, 0.5) is 5.69 Å². The zero-order chi connectivity index (χ0) is 19.6. The third kappa shape index (κ3) is 5.72. The van der Waals surface area contributed by atoms with E-state index < -0.39 is 11.9 Å². The number of rotatable bonds is 7. The minimum absolute atomic E-state index is 0.0488. The first-order valence-corrected chi connectivity index (χ1v) is 8.55. The summed E-state index contributed by atoms with van der Waals surface area (Å²) in [6.45, 7) is 3.90. The van der Waals surface area contributed by atoms with E-state index in [1.54, 1.807) is 31.2 Å². The number of esters is 1. The van der Waals surface area contributed by atoms with Gasteiger partial charge in [0.25, 0.3) is 5.91 Å². The number of ether oxygens (including phenoxy) is 1. The third-order valence-corrected chi connectivity index (χ3v) is 3.79. The summed E-state index contributed by atoms with van der Waals surface area (Å²) >= 11 is 0. The van der Waals surface area contributed by atoms with Crippen molar-refractivity contribution in [1.82, 2.24) is 5.32 Å². The predicted octanol–water partition coefficient (Wildman–Crippen LogP) is 3.56. The summed E-state index contributed by atoms with van der Waals surface area (Å²) < 4.78 is 4.92. The quantitative estimate of drug-likeness (QED) is 0.446. The molecule has 0 aliphatic carbocycles. The fourth-order valence-corrected chi connectivity index (χ4v) is 2.32. The fourth-order valence-electron chi connectivity index (χ4n) is 2.32. The number of amides is 1. The van der Waals surface area contributed by atoms with Crippen molar-refractivity contribution >= 4 is 17.6 Å². The number of nitrogens with zero attached hydrogens (tertiary/aromatic N) is 1. The Morgan fingerprint density at radius 2 is 1.81 bits per heavy atom. The maximum Gasteiger partial charge on any atom is 0.338 e. The molecule has 6 heteroatoms. The number of hydrogen-bond donors (Lipinski definition) is 2. The normalized spacial score (nSPS) is 11.8. The second-order valence-corrected chi connectivity index (χ2v) is 5.72. The number of carbonyl (C=O) groups is 2. The van der Waals surface area contributed by atoms with E-state index in [1.165, 1.54) is 6.20 Å². The van der Waals surface area contributed by atoms with Gasteiger partial charge >= 0.3 is 5.97 Å². The number of anilines is 1. The van der Waals surface area contributed by atoms with Crippen molar-refractivity contribution in [3.8, 4) is 6.07 Å². The van der Waals surface area contributed by atoms with Gasteiger partial charge in [0.15, 0.2) is 0 Å². The van der Waals surface area contributed by atoms with Gasteiger partial charge in [0.05, 0.1) is 18.2 Å². The summed E-state index contributed by atoms with van der Waals surface area (Å²) in [5.74, 6) is -0.865. The molecule has 2 N–H and O–H groups in total. The first-order chi connectivity index (χ1) is 13.0. The molecule has 0 bridgehead atoms. The average Bonchev–Trinajstić information content (AvgIpc) is 2.69. The molecule has 0 fully saturated rings. The van der Waals surface area contributed by atoms with E-state index in [-0.39, 0.29) is 11.6 Å². The maximum atomic E-state index is 12.3. The van der Waals surface area contributed by atoms with Crippen LogP contribution in [0.2, 0.25) is 0 Å². The molecule has 138 valence electrons. The van der Waals surface area contributed by atoms with Crippen molar-refractivity contribution in [2.45, 2.75) is 19.9 Å². The lowest BCUT2D eigenvalue weighted by molar-refractivity contribution is -0.117. The Kier molecular flexibility index (Phi) is 7.15. The van der Waals surface area contributed by atoms with Crippen LogP contribution >= 0.6 is 0 Å². The van der Waals surface area contributed by atoms with Gasteiger partial charge in [0.1, 0.15) is 11.6 Å². The lowest BCUT2D eigenvalue weighted by Crippen LogP contribution is -2.28. The van der Waals surface area contributed by atoms with Crippen molar-refractivity contribution in [3.63, 3.8) is 0 Å². The molecule has 1 unspecified atom stereocenters. The lowest BCUT2D eigenvalue weighted by Gasteiger charge is -2.13. The van der Waals surface area contributed by atoms with Gasteiger partial charge in [0, 0.05) is 11.9 Å². The number of carbonyl (C=O) groups excluding carboxylic acids is 2. The Morgan fingerprint density at radius 3 is 2.41 bits per heavy atom. The molecule has 0 aliphatic rings. The van der Waals surface area contributed by atoms with Crippen LogP contribution < -0.4 is 10.6 Å². The smallest absolute Gasteiger partial charge is 0.338 e. The summed E-state index contributed by atoms with van der Waals surface area (Å²) in [5, 5.41) is 14.9. The Balaban J connectivity index is 2.00. The van der Waals surface area contributed by atoms with Crippen LogP contribution in [0.5, 0.6) is 0 Å². The summed E-state index contributed by atoms with van der Waals surface area (Å²) in [6, 6.07) is 17.7. The van der Waals surface area contributed by atoms with Crippen LogP contribution in [0.25, 0.3) is 0 Å². The minimum Gasteiger partial charge on any atom is -0.462 e. The van der Waals surface area contributed by atoms with E-state index in [0.717, 1.165) is 5.56 Å². The van der Waals surface area contributed by atoms with Gasteiger partial charge in [-0.25, -0.2) is 4.79 Å². The highest BCUT2D eigenvalue weighted by atomic mass is 16.5. The zero-order valence-electron chi connectivity index (χ0n) is 15.2. The molecule has 1 amide bonds. The molecule has 0 saturated carbocycles. The predicted molar refractivity (Wildman–Crippen MR) is 103 cm³/mol. The molecule has 0 radical (unpaired) electrons. The van der Waals surface area contributed by atoms with E-state index in [4.69, 9.17) is 4.74 Å². The topological polar surface area (TPSA) is 91.2 Å². The van der Waals surface area contributed by atoms with Gasteiger partial charge in [-0.3, -0.25) is 4.79 Å². The number of nitriles is 1. The molecule has 2 rings (SSSR count). The van der Waals surface area contributed by atoms with E-state index in [2.05, 4.69) is 10.6 Å². The van der Waals surface area contributed by atoms with Crippen molar-refractivity contribution < 1.29 is 14.3 Å². The van der Waals surface area contributed by atoms with Gasteiger partial charge in [-0.15, -0.1) is 0 Å². The van der Waals surface area contributed by atoms with Crippen LogP contribution in [-0.2, 0) is 9.53 Å². The molecular formula is C21H21N3O3. The monoisotopic (exact) mass is 363 g/mol. The van der Waals surface area contributed by atoms with E-state index >= 15 is 0 Å². The van der Waals surface area contributed by atoms with E-state index in [0.29, 0.717) is 17.9 Å². The molecule has 27 heavy (non-hydrogen) atoms. The summed E-state index contributed by atoms with van der Waals surface area (Å²) in [7, 11) is 0. The van der Waals surface area contributed by atoms with Crippen molar-refractivity contribution in [3.05, 3.63) is 77.5 Å². The Bertz CT molecular complexity index is 852. The Morgan fingerprint density at radius 1 is 1.15 bits per heavy atom. The highest BCUT2D eigenvalue weighted by molar-refractivity contribution is 5.97. The molecule has 0 aromatic heterocycles. The van der Waals surface area contributed by atoms with Crippen molar-refractivity contribution in [2.24, 2.45) is 0 Å². The molecule has 0 heterocycles. The second kappa shape index (κ2) is 9.78. The SMILES string of the molecule is CCOC(=O)c1ccc(N/C=C(/C#N)C(=O)NC(C)c2ccccc2)cc1. The van der Waals surface area contributed by atoms with E-state index in [9.17, 15) is 14.9 Å². The van der Waals surface area contributed by atoms with Gasteiger partial charge < -0.3 is 15.4 Å². The van der Waals surface area contributed by atoms with Crippen molar-refractivity contribution in [2.75, 3.05) is 11.9 Å². The molecule has 2 aromatic carbocycles. The molecule has 2 aromatic rings. The van der Waals surface area contributed by atoms with Crippen molar-refractivity contribution in [1.29, 1.82) is 5.26 Å². The largest absolute Gasteiger partial charge is 0.462 e. The summed E-state index contributed by atoms with van der Waals surface area (Å²) in [6.07, 6.45) is 1.34. The van der Waals surface area contributed by atoms with Crippen LogP contribution in [0.1, 0.15) is 35.8 Å². The number of benzene rings is 2. The minimum atomic E-state index is -0.468. The average molecular weight is 363 g/mol. The lowest BCUT2D eigenvalue weighted by atomic mass is 10.1. The van der Waals surface area contributed by atoms with Gasteiger partial charge in [-0.2, -0.15) is 5.26 Å². The molecule has 0 aliphatic heterocycles. The maximum absolute atomic E-state index is 12.3. The molecule has 6 nitrogen and oxygen atoms in total. The van der Waals surface area contributed by atoms with Crippen LogP contribution in [0, 0.1) is 11.3 Å². The first-order valence-electron chi connectivity index (χ1n) is 8.55. The summed E-state index contributed by atoms with van der Waals surface area (Å²) in [4.78, 5) is 23.9. The van der Waals surface area contributed by atoms with E-state index in [1.807, 2.05) is 43.3 Å². The Labute approximate surface area is 158 Å². The van der Waals surface area contributed by atoms with Gasteiger partial charge in [-0.05, 0) is 43.7 Å². The fraction of sp³-hybridized carbons (Fsp3) is 0.190. The highest BCUT2D eigenvalue weighted by Crippen LogP contribution is 2.13. The standard InChI is InChI=1S/C21H21N3O3/c1-3-27-21(26)17-9-11-19(12-10-17)23-14-18(13-22)20(25)24-15(2)16-7-5-4-6-8-16/h4-12,14-15,23H,3H2,1-2H3,(H,24,25)/b18-14-. The number of hydrogen-bond acceptors (Lipinski definition) is 5. The van der Waals surface area contributed by atoms with Crippen LogP contribution in [0.3, 0.4) is 0 Å². The van der Waals surface area contributed by atoms with Crippen LogP contribution in [0.15, 0.2) is 66.4 Å². The number of nitrogens with one attached hydrogen (secondary N) is 2. The second-order valence-electron chi connectivity index (χ2n) is 5.72. The molecule has 1 atom stereocenters. The molecular weight excluding hydrogens is 342 g/mol. The Hall–Kier alpha value is -3.59. The first kappa shape index (κ1) is 19.7. The van der Waals surface area contributed by atoms with Crippen LogP contribution in [-0.4, -0.2) is 18.5 Å². The zero-order valence-corrected chi connectivity index (χ0v) is 15.2. The molecule has 0 spiro atoms. The third-order valence-electron chi connectivity index (χ3n) is 3.79. The molecule has 0 saturated heterocycles. The highest BCUT2D eigenvalue weighted by Gasteiger charge is 2.13.